The second-order valence-corrected chi connectivity index (χ2v) is 5.33. The monoisotopic (exact) mass is 303 g/mol. The summed E-state index contributed by atoms with van der Waals surface area (Å²) in [6.07, 6.45) is 3.35. The van der Waals surface area contributed by atoms with Crippen LogP contribution in [0.4, 0.5) is 0 Å². The fraction of sp³-hybridized carbons (Fsp3) is 0.429. The van der Waals surface area contributed by atoms with Gasteiger partial charge < -0.3 is 15.3 Å². The number of aryl methyl sites for hydroxylation is 1. The number of carboxylic acids is 1. The number of aromatic nitrogens is 3. The third-order valence-corrected chi connectivity index (χ3v) is 3.81. The fourth-order valence-corrected chi connectivity index (χ4v) is 2.67. The van der Waals surface area contributed by atoms with Crippen molar-refractivity contribution in [2.45, 2.75) is 6.92 Å². The Labute approximate surface area is 126 Å². The average molecular weight is 303 g/mol. The van der Waals surface area contributed by atoms with Crippen LogP contribution in [0.25, 0.3) is 5.78 Å². The van der Waals surface area contributed by atoms with E-state index in [1.54, 1.807) is 34.7 Å². The topological polar surface area (TPSA) is 99.8 Å². The van der Waals surface area contributed by atoms with E-state index in [1.807, 2.05) is 0 Å². The van der Waals surface area contributed by atoms with E-state index in [-0.39, 0.29) is 12.5 Å². The Morgan fingerprint density at radius 3 is 3.05 bits per heavy atom. The van der Waals surface area contributed by atoms with Gasteiger partial charge in [-0.05, 0) is 13.0 Å². The number of aliphatic carboxylic acids is 1. The van der Waals surface area contributed by atoms with Crippen LogP contribution in [-0.2, 0) is 4.79 Å². The average Bonchev–Trinajstić information content (AvgIpc) is 2.68. The highest BCUT2D eigenvalue weighted by Crippen LogP contribution is 2.15. The Kier molecular flexibility index (Phi) is 3.76. The molecule has 22 heavy (non-hydrogen) atoms. The summed E-state index contributed by atoms with van der Waals surface area (Å²) in [5.74, 6) is -1.26. The number of amides is 1. The van der Waals surface area contributed by atoms with Crippen LogP contribution in [0.3, 0.4) is 0 Å². The van der Waals surface area contributed by atoms with E-state index in [1.165, 1.54) is 0 Å². The summed E-state index contributed by atoms with van der Waals surface area (Å²) in [7, 11) is 0. The van der Waals surface area contributed by atoms with Gasteiger partial charge in [0.25, 0.3) is 5.91 Å². The molecule has 0 unspecified atom stereocenters. The number of nitrogens with one attached hydrogen (secondary N) is 1. The highest BCUT2D eigenvalue weighted by molar-refractivity contribution is 5.94. The second kappa shape index (κ2) is 5.72. The zero-order chi connectivity index (χ0) is 15.7. The van der Waals surface area contributed by atoms with E-state index >= 15 is 0 Å². The Morgan fingerprint density at radius 2 is 2.27 bits per heavy atom. The predicted octanol–water partition coefficient (Wildman–Crippen LogP) is -0.216. The molecule has 3 rings (SSSR count). The number of carbonyl (C=O) groups excluding carboxylic acids is 1. The number of imidazole rings is 1. The lowest BCUT2D eigenvalue weighted by Crippen LogP contribution is -2.38. The molecule has 1 amide bonds. The van der Waals surface area contributed by atoms with Crippen LogP contribution in [0.5, 0.6) is 0 Å². The first-order chi connectivity index (χ1) is 10.6. The van der Waals surface area contributed by atoms with Gasteiger partial charge in [-0.15, -0.1) is 0 Å². The van der Waals surface area contributed by atoms with Crippen molar-refractivity contribution in [3.8, 4) is 0 Å². The van der Waals surface area contributed by atoms with Crippen LogP contribution >= 0.6 is 0 Å². The molecule has 3 heterocycles. The molecule has 1 fully saturated rings. The van der Waals surface area contributed by atoms with E-state index < -0.39 is 11.9 Å². The van der Waals surface area contributed by atoms with Crippen molar-refractivity contribution in [3.05, 3.63) is 29.8 Å². The number of hydrogen-bond donors (Lipinski definition) is 2. The Balaban J connectivity index is 1.94. The van der Waals surface area contributed by atoms with E-state index in [0.717, 1.165) is 0 Å². The van der Waals surface area contributed by atoms with Crippen molar-refractivity contribution >= 4 is 17.7 Å². The van der Waals surface area contributed by atoms with E-state index in [9.17, 15) is 14.7 Å². The van der Waals surface area contributed by atoms with E-state index in [0.29, 0.717) is 36.8 Å². The van der Waals surface area contributed by atoms with Crippen molar-refractivity contribution in [3.63, 3.8) is 0 Å². The molecule has 1 atom stereocenters. The zero-order valence-corrected chi connectivity index (χ0v) is 12.2. The quantitative estimate of drug-likeness (QED) is 0.796. The van der Waals surface area contributed by atoms with Crippen LogP contribution in [0.1, 0.15) is 16.2 Å². The van der Waals surface area contributed by atoms with Crippen molar-refractivity contribution in [2.75, 3.05) is 26.2 Å². The van der Waals surface area contributed by atoms with Crippen LogP contribution in [0.2, 0.25) is 0 Å². The molecule has 8 nitrogen and oxygen atoms in total. The maximum Gasteiger partial charge on any atom is 0.309 e. The molecular weight excluding hydrogens is 286 g/mol. The molecular formula is C14H17N5O3. The maximum absolute atomic E-state index is 12.8. The van der Waals surface area contributed by atoms with Crippen LogP contribution in [-0.4, -0.2) is 62.4 Å². The fourth-order valence-electron chi connectivity index (χ4n) is 2.67. The Morgan fingerprint density at radius 1 is 1.45 bits per heavy atom. The summed E-state index contributed by atoms with van der Waals surface area (Å²) in [5, 5.41) is 12.3. The lowest BCUT2D eigenvalue weighted by atomic mass is 10.1. The minimum Gasteiger partial charge on any atom is -0.481 e. The molecule has 116 valence electrons. The highest BCUT2D eigenvalue weighted by atomic mass is 16.4. The smallest absolute Gasteiger partial charge is 0.309 e. The number of carbonyl (C=O) groups is 2. The lowest BCUT2D eigenvalue weighted by Gasteiger charge is -2.22. The first-order valence-corrected chi connectivity index (χ1v) is 7.10. The van der Waals surface area contributed by atoms with Gasteiger partial charge in [0.1, 0.15) is 5.69 Å². The van der Waals surface area contributed by atoms with Gasteiger partial charge in [0.2, 0.25) is 5.78 Å². The summed E-state index contributed by atoms with van der Waals surface area (Å²) in [6.45, 7) is 3.35. The van der Waals surface area contributed by atoms with Crippen LogP contribution in [0, 0.1) is 12.8 Å². The van der Waals surface area contributed by atoms with E-state index in [4.69, 9.17) is 0 Å². The van der Waals surface area contributed by atoms with Gasteiger partial charge in [-0.1, -0.05) is 0 Å². The molecule has 0 saturated carbocycles. The summed E-state index contributed by atoms with van der Waals surface area (Å²) >= 11 is 0. The zero-order valence-electron chi connectivity index (χ0n) is 12.2. The summed E-state index contributed by atoms with van der Waals surface area (Å²) in [4.78, 5) is 34.0. The molecule has 1 aliphatic heterocycles. The van der Waals surface area contributed by atoms with Crippen molar-refractivity contribution in [2.24, 2.45) is 5.92 Å². The van der Waals surface area contributed by atoms with Crippen molar-refractivity contribution in [1.29, 1.82) is 0 Å². The van der Waals surface area contributed by atoms with Gasteiger partial charge in [-0.3, -0.25) is 14.0 Å². The van der Waals surface area contributed by atoms with Gasteiger partial charge >= 0.3 is 5.97 Å². The highest BCUT2D eigenvalue weighted by Gasteiger charge is 2.29. The molecule has 0 spiro atoms. The molecule has 0 bridgehead atoms. The number of carboxylic acid groups (broad SMARTS) is 1. The Bertz CT molecular complexity index is 726. The molecule has 1 aliphatic rings. The van der Waals surface area contributed by atoms with Gasteiger partial charge in [-0.25, -0.2) is 9.97 Å². The molecule has 8 heteroatoms. The van der Waals surface area contributed by atoms with Gasteiger partial charge in [-0.2, -0.15) is 0 Å². The Hall–Kier alpha value is -2.48. The second-order valence-electron chi connectivity index (χ2n) is 5.33. The number of fused-ring (bicyclic) bond motifs is 1. The van der Waals surface area contributed by atoms with Crippen LogP contribution < -0.4 is 5.32 Å². The number of hydrogen-bond acceptors (Lipinski definition) is 5. The van der Waals surface area contributed by atoms with Gasteiger partial charge in [0.05, 0.1) is 11.6 Å². The first-order valence-electron chi connectivity index (χ1n) is 7.10. The number of rotatable bonds is 2. The minimum atomic E-state index is -0.899. The number of nitrogens with zero attached hydrogens (tertiary/aromatic N) is 4. The molecule has 2 aromatic rings. The SMILES string of the molecule is Cc1nc2ncccn2c1C(=O)N1CCNC[C@H](C(=O)O)C1. The predicted molar refractivity (Wildman–Crippen MR) is 77.6 cm³/mol. The molecule has 2 aromatic heterocycles. The van der Waals surface area contributed by atoms with Gasteiger partial charge in [0, 0.05) is 38.6 Å². The molecule has 0 aliphatic carbocycles. The molecule has 1 saturated heterocycles. The van der Waals surface area contributed by atoms with Crippen molar-refractivity contribution < 1.29 is 14.7 Å². The summed E-state index contributed by atoms with van der Waals surface area (Å²) in [5.41, 5.74) is 1.03. The third kappa shape index (κ3) is 2.52. The summed E-state index contributed by atoms with van der Waals surface area (Å²) < 4.78 is 1.64. The van der Waals surface area contributed by atoms with Crippen LogP contribution in [0.15, 0.2) is 18.5 Å². The largest absolute Gasteiger partial charge is 0.481 e. The summed E-state index contributed by atoms with van der Waals surface area (Å²) in [6, 6.07) is 1.73. The minimum absolute atomic E-state index is 0.189. The molecule has 0 aromatic carbocycles. The van der Waals surface area contributed by atoms with E-state index in [2.05, 4.69) is 15.3 Å². The standard InChI is InChI=1S/C14H17N5O3/c1-9-11(19-5-2-3-16-14(19)17-9)12(20)18-6-4-15-7-10(8-18)13(21)22/h2-3,5,10,15H,4,6-8H2,1H3,(H,21,22)/t10-/m0/s1. The first kappa shape index (κ1) is 14.5. The molecule has 0 radical (unpaired) electrons. The van der Waals surface area contributed by atoms with Crippen molar-refractivity contribution in [1.82, 2.24) is 24.6 Å². The van der Waals surface area contributed by atoms with Gasteiger partial charge in [0.15, 0.2) is 0 Å². The molecule has 2 N–H and O–H groups in total. The normalized spacial score (nSPS) is 19.1. The maximum atomic E-state index is 12.8. The third-order valence-electron chi connectivity index (χ3n) is 3.81. The lowest BCUT2D eigenvalue weighted by molar-refractivity contribution is -0.141.